The summed E-state index contributed by atoms with van der Waals surface area (Å²) in [5.74, 6) is -2.30. The van der Waals surface area contributed by atoms with Gasteiger partial charge in [0.2, 0.25) is 0 Å². The summed E-state index contributed by atoms with van der Waals surface area (Å²) in [6, 6.07) is 40.2. The lowest BCUT2D eigenvalue weighted by Crippen LogP contribution is -2.34. The highest BCUT2D eigenvalue weighted by molar-refractivity contribution is 6.11. The number of amides is 1. The third kappa shape index (κ3) is 13.9. The fourth-order valence-corrected chi connectivity index (χ4v) is 9.95. The number of carbonyl (C=O) groups excluding carboxylic acids is 4. The quantitative estimate of drug-likeness (QED) is 0.0169. The molecule has 0 aliphatic rings. The molecule has 0 unspecified atom stereocenters. The molecule has 28 heteroatoms. The van der Waals surface area contributed by atoms with Crippen molar-refractivity contribution in [2.75, 3.05) is 13.2 Å². The van der Waals surface area contributed by atoms with Crippen molar-refractivity contribution in [1.29, 1.82) is 0 Å². The molecule has 0 saturated carbocycles. The standard InChI is InChI=1S/2C33H28N6O8/c1-3-43-31-36-26-10-6-9-25(30(40)44-18-27-20(2)45-33(42)46-27)28(26)39(31)17-21-11-13-22(14-12-21)23-7-4-5-8-24(23)29(34)37-47-32(41)38-16-15-35-19-38;1-3-44-32-35-26-10-6-9-25(30(40)45-18-27-20(2)46-33(42)47-27)28(26)39(32)17-21-11-13-22(14-12-21)23-7-4-5-8-24(23)29(37-43)36-31(41)38-16-15-34-19-38/h4-16,19H,3,17-18H2,1-2H3,(H2,34,37);4-16,19,43H,3,17-18H2,1-2H3,(H,36,37,41). The number of rotatable bonds is 19. The highest BCUT2D eigenvalue weighted by Gasteiger charge is 2.25. The minimum atomic E-state index is -0.871. The summed E-state index contributed by atoms with van der Waals surface area (Å²) in [7, 11) is 0. The topological polar surface area (TPSA) is 355 Å². The van der Waals surface area contributed by atoms with Crippen LogP contribution in [-0.2, 0) is 40.6 Å². The first-order valence-corrected chi connectivity index (χ1v) is 28.9. The van der Waals surface area contributed by atoms with E-state index in [4.69, 9.17) is 47.2 Å². The van der Waals surface area contributed by atoms with Crippen molar-refractivity contribution >= 4 is 57.8 Å². The number of amidine groups is 2. The van der Waals surface area contributed by atoms with Crippen LogP contribution in [0.25, 0.3) is 44.3 Å². The Morgan fingerprint density at radius 1 is 0.574 bits per heavy atom. The maximum absolute atomic E-state index is 13.3. The van der Waals surface area contributed by atoms with Crippen molar-refractivity contribution in [2.24, 2.45) is 16.0 Å². The van der Waals surface area contributed by atoms with Gasteiger partial charge in [0.15, 0.2) is 47.9 Å². The molecular weight excluding hydrogens is 1220 g/mol. The van der Waals surface area contributed by atoms with Crippen LogP contribution >= 0.6 is 0 Å². The van der Waals surface area contributed by atoms with Gasteiger partial charge >= 0.3 is 35.7 Å². The molecule has 6 aromatic carbocycles. The van der Waals surface area contributed by atoms with Crippen LogP contribution in [-0.4, -0.2) is 92.4 Å². The molecule has 0 aliphatic carbocycles. The number of nitrogens with two attached hydrogens (primary N) is 1. The number of imidazole rings is 4. The third-order valence-electron chi connectivity index (χ3n) is 14.4. The van der Waals surface area contributed by atoms with E-state index in [-0.39, 0.29) is 59.1 Å². The van der Waals surface area contributed by atoms with Crippen LogP contribution in [0.5, 0.6) is 12.0 Å². The van der Waals surface area contributed by atoms with Crippen molar-refractivity contribution in [2.45, 2.75) is 54.0 Å². The molecule has 0 aliphatic heterocycles. The molecule has 94 heavy (non-hydrogen) atoms. The minimum absolute atomic E-state index is 0.0221. The number of aryl methyl sites for hydroxylation is 2. The van der Waals surface area contributed by atoms with Gasteiger partial charge in [-0.1, -0.05) is 120 Å². The predicted molar refractivity (Wildman–Crippen MR) is 335 cm³/mol. The Kier molecular flexibility index (Phi) is 18.9. The van der Waals surface area contributed by atoms with E-state index >= 15 is 0 Å². The van der Waals surface area contributed by atoms with Gasteiger partial charge in [-0.05, 0) is 85.3 Å². The summed E-state index contributed by atoms with van der Waals surface area (Å²) in [4.78, 5) is 95.9. The van der Waals surface area contributed by atoms with Crippen LogP contribution in [0.15, 0.2) is 208 Å². The van der Waals surface area contributed by atoms with Gasteiger partial charge in [0, 0.05) is 35.9 Å². The maximum Gasteiger partial charge on any atom is 0.519 e. The number of para-hydroxylation sites is 2. The van der Waals surface area contributed by atoms with Crippen LogP contribution < -0.4 is 32.2 Å². The van der Waals surface area contributed by atoms with Gasteiger partial charge < -0.3 is 47.6 Å². The van der Waals surface area contributed by atoms with Gasteiger partial charge in [0.1, 0.15) is 12.7 Å². The number of nitrogens with one attached hydrogen (secondary N) is 1. The van der Waals surface area contributed by atoms with Gasteiger partial charge in [-0.15, -0.1) is 0 Å². The van der Waals surface area contributed by atoms with E-state index in [1.165, 1.54) is 42.0 Å². The number of carbonyl (C=O) groups is 4. The normalized spacial score (nSPS) is 11.5. The summed E-state index contributed by atoms with van der Waals surface area (Å²) in [6.45, 7) is 7.56. The minimum Gasteiger partial charge on any atom is -0.465 e. The molecule has 0 bridgehead atoms. The fourth-order valence-electron chi connectivity index (χ4n) is 9.95. The zero-order chi connectivity index (χ0) is 65.8. The average molecular weight is 1270 g/mol. The molecule has 476 valence electrons. The molecule has 0 radical (unpaired) electrons. The van der Waals surface area contributed by atoms with Gasteiger partial charge in [0.25, 0.3) is 12.0 Å². The molecule has 0 atom stereocenters. The molecule has 6 heterocycles. The fraction of sp³-hybridized carbons (Fsp3) is 0.152. The third-order valence-corrected chi connectivity index (χ3v) is 14.4. The Bertz CT molecular complexity index is 4900. The van der Waals surface area contributed by atoms with E-state index in [0.717, 1.165) is 37.9 Å². The Hall–Kier alpha value is -12.9. The second kappa shape index (κ2) is 28.3. The van der Waals surface area contributed by atoms with Crippen molar-refractivity contribution in [1.82, 2.24) is 43.5 Å². The summed E-state index contributed by atoms with van der Waals surface area (Å²) in [6.07, 6.45) is 7.71. The summed E-state index contributed by atoms with van der Waals surface area (Å²) >= 11 is 0. The monoisotopic (exact) mass is 1270 g/mol. The molecule has 0 spiro atoms. The Morgan fingerprint density at radius 3 is 1.48 bits per heavy atom. The summed E-state index contributed by atoms with van der Waals surface area (Å²) < 4.78 is 48.2. The maximum atomic E-state index is 13.3. The first-order valence-electron chi connectivity index (χ1n) is 28.9. The first kappa shape index (κ1) is 62.7. The van der Waals surface area contributed by atoms with E-state index < -0.39 is 35.7 Å². The summed E-state index contributed by atoms with van der Waals surface area (Å²) in [5.41, 5.74) is 14.8. The van der Waals surface area contributed by atoms with Crippen LogP contribution in [0.1, 0.15) is 79.9 Å². The molecule has 28 nitrogen and oxygen atoms in total. The zero-order valence-electron chi connectivity index (χ0n) is 50.5. The molecular formula is C66H56N12O16. The van der Waals surface area contributed by atoms with E-state index in [1.807, 2.05) is 92.7 Å². The molecule has 0 fully saturated rings. The van der Waals surface area contributed by atoms with Crippen molar-refractivity contribution < 1.29 is 65.8 Å². The second-order valence-electron chi connectivity index (χ2n) is 20.3. The van der Waals surface area contributed by atoms with Crippen LogP contribution in [0.4, 0.5) is 9.59 Å². The highest BCUT2D eigenvalue weighted by Crippen LogP contribution is 2.32. The van der Waals surface area contributed by atoms with Crippen molar-refractivity contribution in [3.05, 3.63) is 249 Å². The van der Waals surface area contributed by atoms with E-state index in [0.29, 0.717) is 71.5 Å². The number of oxime groups is 2. The predicted octanol–water partition coefficient (Wildman–Crippen LogP) is 9.82. The number of benzene rings is 6. The lowest BCUT2D eigenvalue weighted by Gasteiger charge is -2.14. The number of hydrogen-bond acceptors (Lipinski definition) is 22. The lowest BCUT2D eigenvalue weighted by molar-refractivity contribution is 0.0437. The molecule has 1 amide bonds. The molecule has 6 aromatic heterocycles. The number of ether oxygens (including phenoxy) is 4. The smallest absolute Gasteiger partial charge is 0.465 e. The number of esters is 2. The van der Waals surface area contributed by atoms with Crippen LogP contribution in [0.3, 0.4) is 0 Å². The van der Waals surface area contributed by atoms with E-state index in [9.17, 15) is 34.0 Å². The zero-order valence-corrected chi connectivity index (χ0v) is 50.5. The largest absolute Gasteiger partial charge is 0.519 e. The highest BCUT2D eigenvalue weighted by atomic mass is 16.7. The first-order chi connectivity index (χ1) is 45.7. The van der Waals surface area contributed by atoms with Crippen molar-refractivity contribution in [3.63, 3.8) is 0 Å². The molecule has 0 saturated heterocycles. The number of fused-ring (bicyclic) bond motifs is 2. The number of nitrogens with zero attached hydrogens (tertiary/aromatic N) is 10. The lowest BCUT2D eigenvalue weighted by atomic mass is 9.98. The number of aromatic nitrogens is 8. The molecule has 12 rings (SSSR count). The van der Waals surface area contributed by atoms with Crippen LogP contribution in [0, 0.1) is 13.8 Å². The number of hydrogen-bond donors (Lipinski definition) is 3. The van der Waals surface area contributed by atoms with Gasteiger partial charge in [-0.25, -0.2) is 43.3 Å². The Balaban J connectivity index is 0.000000192. The van der Waals surface area contributed by atoms with Gasteiger partial charge in [0.05, 0.1) is 59.5 Å². The Labute approximate surface area is 531 Å². The van der Waals surface area contributed by atoms with Crippen molar-refractivity contribution in [3.8, 4) is 34.3 Å². The molecule has 12 aromatic rings. The van der Waals surface area contributed by atoms with E-state index in [1.54, 1.807) is 77.6 Å². The van der Waals surface area contributed by atoms with E-state index in [2.05, 4.69) is 35.6 Å². The average Bonchev–Trinajstić information content (AvgIpc) is 1.62. The summed E-state index contributed by atoms with van der Waals surface area (Å²) in [5, 5.41) is 19.6. The second-order valence-corrected chi connectivity index (χ2v) is 20.3. The Morgan fingerprint density at radius 2 is 1.03 bits per heavy atom. The van der Waals surface area contributed by atoms with Gasteiger partial charge in [-0.3, -0.25) is 23.9 Å². The SMILES string of the molecule is CCOc1nc2cccc(C(=O)OCc3oc(=O)oc3C)c2n1Cc1ccc(-c2ccccc2/C(=N/O)NC(=O)n2ccnc2)cc1.CCOc1nc2cccc(C(=O)OCc3oc(=O)oc3C)c2n1Cc1ccc(-c2ccccc2/C(N)=N/OC(=O)n2ccnc2)cc1. The molecule has 4 N–H and O–H groups in total. The van der Waals surface area contributed by atoms with Crippen LogP contribution in [0.2, 0.25) is 0 Å². The van der Waals surface area contributed by atoms with Gasteiger partial charge in [-0.2, -0.15) is 9.97 Å².